The van der Waals surface area contributed by atoms with Crippen molar-refractivity contribution in [3.05, 3.63) is 42.0 Å². The smallest absolute Gasteiger partial charge is 0.227 e. The molecule has 0 aromatic heterocycles. The van der Waals surface area contributed by atoms with Crippen LogP contribution in [0.3, 0.4) is 0 Å². The number of methoxy groups -OCH3 is 1. The summed E-state index contributed by atoms with van der Waals surface area (Å²) in [6.45, 7) is 3.99. The third-order valence-electron chi connectivity index (χ3n) is 6.39. The van der Waals surface area contributed by atoms with Crippen LogP contribution in [0.2, 0.25) is 0 Å². The van der Waals surface area contributed by atoms with E-state index < -0.39 is 17.8 Å². The minimum atomic E-state index is -1.08. The zero-order valence-electron chi connectivity index (χ0n) is 15.6. The molecule has 1 heterocycles. The number of benzene rings is 1. The second-order valence-corrected chi connectivity index (χ2v) is 7.92. The van der Waals surface area contributed by atoms with E-state index in [0.29, 0.717) is 13.1 Å². The third-order valence-corrected chi connectivity index (χ3v) is 6.39. The van der Waals surface area contributed by atoms with E-state index in [-0.39, 0.29) is 17.7 Å². The Morgan fingerprint density at radius 3 is 2.56 bits per heavy atom. The fraction of sp³-hybridized carbons (Fsp3) is 0.524. The van der Waals surface area contributed by atoms with Gasteiger partial charge in [-0.15, -0.1) is 0 Å². The first-order chi connectivity index (χ1) is 13.1. The number of carboxylic acids is 1. The number of nitrogens with zero attached hydrogens (tertiary/aromatic N) is 1. The van der Waals surface area contributed by atoms with Crippen LogP contribution in [0.4, 0.5) is 0 Å². The maximum Gasteiger partial charge on any atom is 0.227 e. The molecule has 0 spiro atoms. The number of aliphatic carboxylic acids is 1. The highest BCUT2D eigenvalue weighted by molar-refractivity contribution is 5.86. The van der Waals surface area contributed by atoms with Crippen LogP contribution in [0.5, 0.6) is 5.75 Å². The number of fused-ring (bicyclic) bond motifs is 2. The lowest BCUT2D eigenvalue weighted by Gasteiger charge is -2.37. The van der Waals surface area contributed by atoms with Crippen LogP contribution in [-0.2, 0) is 16.1 Å². The van der Waals surface area contributed by atoms with E-state index in [9.17, 15) is 14.7 Å². The molecule has 2 fully saturated rings. The van der Waals surface area contributed by atoms with Gasteiger partial charge in [0.25, 0.3) is 0 Å². The number of carbonyl (C=O) groups excluding carboxylic acids is 2. The van der Waals surface area contributed by atoms with Gasteiger partial charge in [-0.1, -0.05) is 24.3 Å². The van der Waals surface area contributed by atoms with Crippen molar-refractivity contribution in [2.24, 2.45) is 23.7 Å². The maximum absolute atomic E-state index is 13.0. The van der Waals surface area contributed by atoms with Crippen LogP contribution in [0, 0.1) is 23.7 Å². The van der Waals surface area contributed by atoms with Gasteiger partial charge in [-0.25, -0.2) is 0 Å². The summed E-state index contributed by atoms with van der Waals surface area (Å²) in [5, 5.41) is 11.6. The summed E-state index contributed by atoms with van der Waals surface area (Å²) in [5.41, 5.74) is 1.22. The van der Waals surface area contributed by atoms with Gasteiger partial charge >= 0.3 is 0 Å². The van der Waals surface area contributed by atoms with Crippen molar-refractivity contribution in [1.82, 2.24) is 4.90 Å². The van der Waals surface area contributed by atoms with Gasteiger partial charge in [-0.2, -0.15) is 0 Å². The first-order valence-corrected chi connectivity index (χ1v) is 9.71. The number of hydrogen-bond acceptors (Lipinski definition) is 4. The molecule has 6 nitrogen and oxygen atoms in total. The van der Waals surface area contributed by atoms with Crippen molar-refractivity contribution in [3.8, 4) is 5.75 Å². The number of carboxylic acid groups (broad SMARTS) is 1. The van der Waals surface area contributed by atoms with Crippen molar-refractivity contribution in [1.29, 1.82) is 0 Å². The molecule has 1 saturated carbocycles. The summed E-state index contributed by atoms with van der Waals surface area (Å²) in [6.07, 6.45) is 4.75. The van der Waals surface area contributed by atoms with Crippen LogP contribution >= 0.6 is 0 Å². The highest BCUT2D eigenvalue weighted by atomic mass is 16.5. The SMILES string of the molecule is COc1cccc(C[NH+]2CCN(C(=O)[C@H]3[C@@H](C(=O)[O-])[C@@H]4C=C[C@@H]3C4)CC2)c1. The Balaban J connectivity index is 1.35. The average molecular weight is 370 g/mol. The highest BCUT2D eigenvalue weighted by Crippen LogP contribution is 2.48. The molecule has 6 heteroatoms. The van der Waals surface area contributed by atoms with Crippen LogP contribution in [0.1, 0.15) is 12.0 Å². The Hall–Kier alpha value is -2.34. The van der Waals surface area contributed by atoms with Gasteiger partial charge < -0.3 is 24.4 Å². The first-order valence-electron chi connectivity index (χ1n) is 9.71. The zero-order chi connectivity index (χ0) is 19.0. The van der Waals surface area contributed by atoms with E-state index in [1.165, 1.54) is 10.5 Å². The predicted molar refractivity (Wildman–Crippen MR) is 96.7 cm³/mol. The van der Waals surface area contributed by atoms with E-state index in [2.05, 4.69) is 12.1 Å². The Kier molecular flexibility index (Phi) is 4.91. The van der Waals surface area contributed by atoms with E-state index in [4.69, 9.17) is 4.74 Å². The standard InChI is InChI=1S/C21H26N2O4/c1-27-17-4-2-3-14(11-17)13-22-7-9-23(10-8-22)20(24)18-15-5-6-16(12-15)19(18)21(25)26/h2-6,11,15-16,18-19H,7-10,12-13H2,1H3,(H,25,26)/t15-,16-,18-,19+/m1/s1. The van der Waals surface area contributed by atoms with Gasteiger partial charge in [-0.05, 0) is 30.4 Å². The van der Waals surface area contributed by atoms with Crippen molar-refractivity contribution in [2.45, 2.75) is 13.0 Å². The zero-order valence-corrected chi connectivity index (χ0v) is 15.6. The number of amides is 1. The molecule has 1 N–H and O–H groups in total. The molecule has 1 aliphatic heterocycles. The number of allylic oxidation sites excluding steroid dienone is 2. The molecule has 4 rings (SSSR count). The Morgan fingerprint density at radius 1 is 1.19 bits per heavy atom. The van der Waals surface area contributed by atoms with Crippen LogP contribution < -0.4 is 14.7 Å². The Bertz CT molecular complexity index is 754. The van der Waals surface area contributed by atoms with Gasteiger partial charge in [0.1, 0.15) is 12.3 Å². The quantitative estimate of drug-likeness (QED) is 0.683. The minimum Gasteiger partial charge on any atom is -0.550 e. The molecule has 27 heavy (non-hydrogen) atoms. The first kappa shape index (κ1) is 18.0. The molecule has 4 atom stereocenters. The van der Waals surface area contributed by atoms with Crippen molar-refractivity contribution < 1.29 is 24.3 Å². The topological polar surface area (TPSA) is 74.1 Å². The predicted octanol–water partition coefficient (Wildman–Crippen LogP) is -0.889. The van der Waals surface area contributed by atoms with Crippen LogP contribution in [0.15, 0.2) is 36.4 Å². The molecule has 1 aromatic carbocycles. The average Bonchev–Trinajstić information content (AvgIpc) is 3.29. The lowest BCUT2D eigenvalue weighted by molar-refractivity contribution is -0.917. The van der Waals surface area contributed by atoms with Gasteiger partial charge in [-0.3, -0.25) is 4.79 Å². The van der Waals surface area contributed by atoms with Crippen LogP contribution in [0.25, 0.3) is 0 Å². The van der Waals surface area contributed by atoms with Crippen molar-refractivity contribution in [3.63, 3.8) is 0 Å². The van der Waals surface area contributed by atoms with Crippen LogP contribution in [-0.4, -0.2) is 50.1 Å². The summed E-state index contributed by atoms with van der Waals surface area (Å²) in [5.74, 6) is -1.28. The number of rotatable bonds is 5. The van der Waals surface area contributed by atoms with E-state index in [0.717, 1.165) is 31.8 Å². The minimum absolute atomic E-state index is 0.00137. The molecule has 0 unspecified atom stereocenters. The normalized spacial score (nSPS) is 29.9. The largest absolute Gasteiger partial charge is 0.550 e. The number of carbonyl (C=O) groups is 2. The third kappa shape index (κ3) is 3.46. The number of quaternary nitrogens is 1. The van der Waals surface area contributed by atoms with Gasteiger partial charge in [0.15, 0.2) is 0 Å². The number of piperazine rings is 1. The lowest BCUT2D eigenvalue weighted by Crippen LogP contribution is -3.13. The molecule has 0 radical (unpaired) electrons. The van der Waals surface area contributed by atoms with E-state index in [1.807, 2.05) is 29.2 Å². The van der Waals surface area contributed by atoms with Crippen molar-refractivity contribution >= 4 is 11.9 Å². The summed E-state index contributed by atoms with van der Waals surface area (Å²) < 4.78 is 5.28. The fourth-order valence-electron chi connectivity index (χ4n) is 4.98. The van der Waals surface area contributed by atoms with Gasteiger partial charge in [0.2, 0.25) is 5.91 Å². The molecule has 1 aromatic rings. The number of ether oxygens (including phenoxy) is 1. The summed E-state index contributed by atoms with van der Waals surface area (Å²) in [7, 11) is 1.67. The fourth-order valence-corrected chi connectivity index (χ4v) is 4.98. The van der Waals surface area contributed by atoms with Gasteiger partial charge in [0, 0.05) is 17.5 Å². The summed E-state index contributed by atoms with van der Waals surface area (Å²) >= 11 is 0. The molecular weight excluding hydrogens is 344 g/mol. The summed E-state index contributed by atoms with van der Waals surface area (Å²) in [4.78, 5) is 27.9. The maximum atomic E-state index is 13.0. The molecule has 144 valence electrons. The second-order valence-electron chi connectivity index (χ2n) is 7.92. The molecule has 3 aliphatic rings. The molecule has 1 amide bonds. The molecule has 2 aliphatic carbocycles. The second kappa shape index (κ2) is 7.35. The Morgan fingerprint density at radius 2 is 1.89 bits per heavy atom. The molecular formula is C21H26N2O4. The van der Waals surface area contributed by atoms with Gasteiger partial charge in [0.05, 0.1) is 39.2 Å². The Labute approximate surface area is 159 Å². The summed E-state index contributed by atoms with van der Waals surface area (Å²) in [6, 6.07) is 8.08. The van der Waals surface area contributed by atoms with E-state index in [1.54, 1.807) is 7.11 Å². The molecule has 2 bridgehead atoms. The monoisotopic (exact) mass is 370 g/mol. The highest BCUT2D eigenvalue weighted by Gasteiger charge is 2.50. The lowest BCUT2D eigenvalue weighted by atomic mass is 9.82. The van der Waals surface area contributed by atoms with Crippen molar-refractivity contribution in [2.75, 3.05) is 33.3 Å². The number of hydrogen-bond donors (Lipinski definition) is 1. The number of nitrogens with one attached hydrogen (secondary N) is 1. The molecule has 1 saturated heterocycles. The van der Waals surface area contributed by atoms with E-state index >= 15 is 0 Å².